The lowest BCUT2D eigenvalue weighted by Gasteiger charge is -2.39. The van der Waals surface area contributed by atoms with Crippen LogP contribution in [0.25, 0.3) is 0 Å². The summed E-state index contributed by atoms with van der Waals surface area (Å²) in [5.74, 6) is -2.57. The van der Waals surface area contributed by atoms with Gasteiger partial charge in [0.15, 0.2) is 17.3 Å². The number of ketones is 3. The molecule has 0 aliphatic heterocycles. The minimum atomic E-state index is -1.80. The summed E-state index contributed by atoms with van der Waals surface area (Å²) in [5, 5.41) is 36.3. The zero-order valence-corrected chi connectivity index (χ0v) is 17.2. The van der Waals surface area contributed by atoms with Gasteiger partial charge in [-0.05, 0) is 6.92 Å². The summed E-state index contributed by atoms with van der Waals surface area (Å²) in [7, 11) is 1.52. The predicted molar refractivity (Wildman–Crippen MR) is 110 cm³/mol. The average Bonchev–Trinajstić information content (AvgIpc) is 2.74. The van der Waals surface area contributed by atoms with Crippen LogP contribution in [-0.4, -0.2) is 58.5 Å². The van der Waals surface area contributed by atoms with E-state index in [9.17, 15) is 29.7 Å². The van der Waals surface area contributed by atoms with Crippen molar-refractivity contribution < 1.29 is 34.4 Å². The molecule has 2 aliphatic rings. The maximum atomic E-state index is 13.1. The summed E-state index contributed by atoms with van der Waals surface area (Å²) in [5.41, 5.74) is -1.79. The molecule has 162 valence electrons. The first-order valence-corrected chi connectivity index (χ1v) is 9.96. The predicted octanol–water partition coefficient (Wildman–Crippen LogP) is 1.42. The number of aliphatic hydroxyl groups is 1. The Labute approximate surface area is 178 Å². The van der Waals surface area contributed by atoms with Crippen LogP contribution in [0.3, 0.4) is 0 Å². The smallest absolute Gasteiger partial charge is 0.198 e. The molecule has 0 bridgehead atoms. The number of nitrogens with one attached hydrogen (secondary N) is 1. The van der Waals surface area contributed by atoms with E-state index in [4.69, 9.17) is 4.74 Å². The van der Waals surface area contributed by atoms with Gasteiger partial charge in [0.05, 0.1) is 17.7 Å². The number of fused-ring (bicyclic) bond motifs is 3. The molecule has 0 fully saturated rings. The number of rotatable bonds is 5. The molecule has 2 aliphatic carbocycles. The van der Waals surface area contributed by atoms with Crippen molar-refractivity contribution in [3.63, 3.8) is 0 Å². The minimum Gasteiger partial charge on any atom is -0.507 e. The molecule has 4 N–H and O–H groups in total. The number of ether oxygens (including phenoxy) is 1. The number of Topliss-reactive ketones (excluding diaryl/α,β-unsaturated/α-hetero) is 1. The minimum absolute atomic E-state index is 0.0659. The Kier molecular flexibility index (Phi) is 5.17. The van der Waals surface area contributed by atoms with E-state index in [1.54, 1.807) is 12.1 Å². The third-order valence-electron chi connectivity index (χ3n) is 6.17. The topological polar surface area (TPSA) is 133 Å². The van der Waals surface area contributed by atoms with Gasteiger partial charge in [0.25, 0.3) is 0 Å². The molecule has 4 rings (SSSR count). The lowest BCUT2D eigenvalue weighted by atomic mass is 9.71. The van der Waals surface area contributed by atoms with Crippen molar-refractivity contribution in [3.05, 3.63) is 57.6 Å². The third-order valence-corrected chi connectivity index (χ3v) is 6.17. The van der Waals surface area contributed by atoms with Gasteiger partial charge in [-0.3, -0.25) is 14.4 Å². The molecular weight excluding hydrogens is 402 g/mol. The number of carbonyl (C=O) groups is 3. The van der Waals surface area contributed by atoms with Crippen LogP contribution in [-0.2, 0) is 16.0 Å². The maximum Gasteiger partial charge on any atom is 0.198 e. The van der Waals surface area contributed by atoms with Gasteiger partial charge in [-0.25, -0.2) is 0 Å². The molecule has 2 aromatic rings. The Morgan fingerprint density at radius 2 is 1.71 bits per heavy atom. The highest BCUT2D eigenvalue weighted by molar-refractivity contribution is 6.30. The van der Waals surface area contributed by atoms with Crippen molar-refractivity contribution in [3.8, 4) is 11.5 Å². The van der Waals surface area contributed by atoms with Crippen molar-refractivity contribution in [2.75, 3.05) is 20.3 Å². The highest BCUT2D eigenvalue weighted by Crippen LogP contribution is 2.50. The zero-order valence-electron chi connectivity index (χ0n) is 17.2. The van der Waals surface area contributed by atoms with Gasteiger partial charge in [0.2, 0.25) is 0 Å². The molecule has 2 unspecified atom stereocenters. The summed E-state index contributed by atoms with van der Waals surface area (Å²) in [6.07, 6.45) is -0.348. The van der Waals surface area contributed by atoms with Gasteiger partial charge >= 0.3 is 0 Å². The Morgan fingerprint density at radius 1 is 1.13 bits per heavy atom. The van der Waals surface area contributed by atoms with E-state index in [2.05, 4.69) is 5.32 Å². The fraction of sp³-hybridized carbons (Fsp3) is 0.348. The highest BCUT2D eigenvalue weighted by atomic mass is 16.5. The summed E-state index contributed by atoms with van der Waals surface area (Å²) >= 11 is 0. The van der Waals surface area contributed by atoms with E-state index in [1.807, 2.05) is 0 Å². The first kappa shape index (κ1) is 21.2. The molecule has 8 heteroatoms. The number of hydrogen-bond acceptors (Lipinski definition) is 8. The van der Waals surface area contributed by atoms with Gasteiger partial charge in [-0.1, -0.05) is 24.3 Å². The van der Waals surface area contributed by atoms with Crippen LogP contribution in [0.2, 0.25) is 0 Å². The lowest BCUT2D eigenvalue weighted by Crippen LogP contribution is -2.47. The van der Waals surface area contributed by atoms with Gasteiger partial charge in [-0.2, -0.15) is 0 Å². The molecule has 0 saturated carbocycles. The lowest BCUT2D eigenvalue weighted by molar-refractivity contribution is -0.137. The Bertz CT molecular complexity index is 1120. The second-order valence-corrected chi connectivity index (χ2v) is 8.01. The molecular formula is C23H23NO7. The number of phenols is 2. The fourth-order valence-electron chi connectivity index (χ4n) is 4.52. The molecule has 0 amide bonds. The highest BCUT2D eigenvalue weighted by Gasteiger charge is 2.47. The van der Waals surface area contributed by atoms with Crippen LogP contribution in [0.4, 0.5) is 0 Å². The van der Waals surface area contributed by atoms with E-state index in [-0.39, 0.29) is 46.2 Å². The van der Waals surface area contributed by atoms with Crippen LogP contribution in [0, 0.1) is 0 Å². The summed E-state index contributed by atoms with van der Waals surface area (Å²) < 4.78 is 5.03. The standard InChI is InChI=1S/C23H23NO7/c1-11(25)23(30)9-14-16(15(10-23)24-7-8-31-2)22(29)18-17(21(14)28)19(26)12-5-3-4-6-13(12)20(18)27/h3-6,15,24,28-30H,7-10H2,1-2H3. The third kappa shape index (κ3) is 3.15. The van der Waals surface area contributed by atoms with Crippen LogP contribution < -0.4 is 5.32 Å². The number of aromatic hydroxyl groups is 2. The largest absolute Gasteiger partial charge is 0.507 e. The molecule has 0 spiro atoms. The van der Waals surface area contributed by atoms with Gasteiger partial charge in [0.1, 0.15) is 17.1 Å². The molecule has 0 radical (unpaired) electrons. The van der Waals surface area contributed by atoms with E-state index in [0.29, 0.717) is 13.2 Å². The molecule has 8 nitrogen and oxygen atoms in total. The van der Waals surface area contributed by atoms with Crippen molar-refractivity contribution in [1.29, 1.82) is 0 Å². The fourth-order valence-corrected chi connectivity index (χ4v) is 4.52. The Morgan fingerprint density at radius 3 is 2.26 bits per heavy atom. The number of phenolic OH excluding ortho intramolecular Hbond substituents is 2. The Hall–Kier alpha value is -3.07. The van der Waals surface area contributed by atoms with Crippen LogP contribution >= 0.6 is 0 Å². The first-order chi connectivity index (χ1) is 14.7. The van der Waals surface area contributed by atoms with E-state index in [0.717, 1.165) is 0 Å². The van der Waals surface area contributed by atoms with E-state index in [1.165, 1.54) is 26.2 Å². The molecule has 31 heavy (non-hydrogen) atoms. The second-order valence-electron chi connectivity index (χ2n) is 8.01. The van der Waals surface area contributed by atoms with Crippen LogP contribution in [0.5, 0.6) is 11.5 Å². The van der Waals surface area contributed by atoms with Crippen LogP contribution in [0.15, 0.2) is 24.3 Å². The summed E-state index contributed by atoms with van der Waals surface area (Å²) in [6.45, 7) is 1.91. The quantitative estimate of drug-likeness (QED) is 0.356. The van der Waals surface area contributed by atoms with Gasteiger partial charge in [0, 0.05) is 54.8 Å². The monoisotopic (exact) mass is 425 g/mol. The maximum absolute atomic E-state index is 13.1. The molecule has 0 saturated heterocycles. The number of benzene rings is 2. The molecule has 2 aromatic carbocycles. The summed E-state index contributed by atoms with van der Waals surface area (Å²) in [6, 6.07) is 5.46. The van der Waals surface area contributed by atoms with Crippen molar-refractivity contribution >= 4 is 17.3 Å². The van der Waals surface area contributed by atoms with Gasteiger partial charge < -0.3 is 25.4 Å². The average molecular weight is 425 g/mol. The van der Waals surface area contributed by atoms with Crippen molar-refractivity contribution in [2.24, 2.45) is 0 Å². The van der Waals surface area contributed by atoms with E-state index < -0.39 is 40.5 Å². The first-order valence-electron chi connectivity index (χ1n) is 9.96. The van der Waals surface area contributed by atoms with Crippen molar-refractivity contribution in [2.45, 2.75) is 31.4 Å². The van der Waals surface area contributed by atoms with Crippen molar-refractivity contribution in [1.82, 2.24) is 5.32 Å². The number of hydrogen-bond donors (Lipinski definition) is 4. The molecule has 0 aromatic heterocycles. The van der Waals surface area contributed by atoms with Gasteiger partial charge in [-0.15, -0.1) is 0 Å². The second kappa shape index (κ2) is 7.56. The summed E-state index contributed by atoms with van der Waals surface area (Å²) in [4.78, 5) is 38.5. The normalized spacial score (nSPS) is 22.0. The number of carbonyl (C=O) groups excluding carboxylic acids is 3. The SMILES string of the molecule is COCCNC1CC(O)(C(C)=O)Cc2c(O)c3c(c(O)c21)C(=O)c1ccccc1C3=O. The Balaban J connectivity index is 1.96. The molecule has 2 atom stereocenters. The molecule has 0 heterocycles. The van der Waals surface area contributed by atoms with Crippen LogP contribution in [0.1, 0.15) is 62.4 Å². The zero-order chi connectivity index (χ0) is 22.5. The van der Waals surface area contributed by atoms with E-state index >= 15 is 0 Å². The number of methoxy groups -OCH3 is 1.